The number of nitrogens with zero attached hydrogens (tertiary/aromatic N) is 2. The van der Waals surface area contributed by atoms with Gasteiger partial charge in [0.05, 0.1) is 5.69 Å². The lowest BCUT2D eigenvalue weighted by atomic mass is 10.2. The van der Waals surface area contributed by atoms with Gasteiger partial charge in [0.1, 0.15) is 6.10 Å². The zero-order chi connectivity index (χ0) is 11.5. The molecular weight excluding hydrogens is 228 g/mol. The lowest BCUT2D eigenvalue weighted by molar-refractivity contribution is -0.163. The Hall–Kier alpha value is -0.950. The SMILES string of the molecule is COC(OC)C(O)Cc1cn2ccsc2n1. The number of hydrogen-bond acceptors (Lipinski definition) is 5. The van der Waals surface area contributed by atoms with E-state index >= 15 is 0 Å². The van der Waals surface area contributed by atoms with E-state index in [-0.39, 0.29) is 0 Å². The normalized spacial score (nSPS) is 13.8. The topological polar surface area (TPSA) is 56.0 Å². The van der Waals surface area contributed by atoms with Crippen LogP contribution in [0.3, 0.4) is 0 Å². The summed E-state index contributed by atoms with van der Waals surface area (Å²) in [7, 11) is 3.01. The highest BCUT2D eigenvalue weighted by molar-refractivity contribution is 7.15. The van der Waals surface area contributed by atoms with Gasteiger partial charge < -0.3 is 14.6 Å². The molecule has 0 aliphatic heterocycles. The number of aliphatic hydroxyl groups is 1. The van der Waals surface area contributed by atoms with E-state index in [1.807, 2.05) is 22.2 Å². The van der Waals surface area contributed by atoms with Crippen molar-refractivity contribution in [3.63, 3.8) is 0 Å². The van der Waals surface area contributed by atoms with Crippen molar-refractivity contribution in [2.45, 2.75) is 18.8 Å². The van der Waals surface area contributed by atoms with Gasteiger partial charge in [-0.3, -0.25) is 4.40 Å². The minimum absolute atomic E-state index is 0.417. The number of thiazole rings is 1. The van der Waals surface area contributed by atoms with Gasteiger partial charge in [-0.15, -0.1) is 11.3 Å². The van der Waals surface area contributed by atoms with Crippen LogP contribution in [0.2, 0.25) is 0 Å². The molecule has 0 spiro atoms. The zero-order valence-corrected chi connectivity index (χ0v) is 9.98. The van der Waals surface area contributed by atoms with Crippen LogP contribution in [0.4, 0.5) is 0 Å². The fourth-order valence-electron chi connectivity index (χ4n) is 1.60. The van der Waals surface area contributed by atoms with Crippen molar-refractivity contribution in [3.8, 4) is 0 Å². The second kappa shape index (κ2) is 4.92. The number of aromatic nitrogens is 2. The molecule has 0 radical (unpaired) electrons. The summed E-state index contributed by atoms with van der Waals surface area (Å²) in [6.07, 6.45) is 2.94. The Morgan fingerprint density at radius 3 is 2.88 bits per heavy atom. The molecule has 88 valence electrons. The molecule has 0 amide bonds. The molecule has 2 aromatic heterocycles. The maximum absolute atomic E-state index is 9.83. The summed E-state index contributed by atoms with van der Waals surface area (Å²) in [6.45, 7) is 0. The van der Waals surface area contributed by atoms with Crippen molar-refractivity contribution >= 4 is 16.3 Å². The van der Waals surface area contributed by atoms with E-state index in [0.29, 0.717) is 6.42 Å². The smallest absolute Gasteiger partial charge is 0.193 e. The zero-order valence-electron chi connectivity index (χ0n) is 9.16. The third-order valence-corrected chi connectivity index (χ3v) is 3.11. The minimum Gasteiger partial charge on any atom is -0.387 e. The highest BCUT2D eigenvalue weighted by Crippen LogP contribution is 2.14. The highest BCUT2D eigenvalue weighted by Gasteiger charge is 2.19. The van der Waals surface area contributed by atoms with Crippen molar-refractivity contribution in [1.82, 2.24) is 9.38 Å². The molecule has 0 aliphatic carbocycles. The summed E-state index contributed by atoms with van der Waals surface area (Å²) in [5.41, 5.74) is 0.832. The fraction of sp³-hybridized carbons (Fsp3) is 0.500. The molecule has 2 aromatic rings. The maximum Gasteiger partial charge on any atom is 0.193 e. The number of methoxy groups -OCH3 is 2. The molecule has 2 rings (SSSR count). The van der Waals surface area contributed by atoms with Crippen molar-refractivity contribution in [3.05, 3.63) is 23.5 Å². The summed E-state index contributed by atoms with van der Waals surface area (Å²) >= 11 is 1.56. The van der Waals surface area contributed by atoms with Gasteiger partial charge in [-0.05, 0) is 0 Å². The second-order valence-electron chi connectivity index (χ2n) is 3.44. The van der Waals surface area contributed by atoms with Gasteiger partial charge in [0.2, 0.25) is 0 Å². The van der Waals surface area contributed by atoms with Crippen molar-refractivity contribution in [2.75, 3.05) is 14.2 Å². The predicted octanol–water partition coefficient (Wildman–Crippen LogP) is 0.918. The third kappa shape index (κ3) is 2.25. The molecule has 6 heteroatoms. The van der Waals surface area contributed by atoms with E-state index < -0.39 is 12.4 Å². The monoisotopic (exact) mass is 242 g/mol. The van der Waals surface area contributed by atoms with Gasteiger partial charge in [0.25, 0.3) is 0 Å². The average Bonchev–Trinajstić information content (AvgIpc) is 2.79. The van der Waals surface area contributed by atoms with Crippen LogP contribution in [0.5, 0.6) is 0 Å². The van der Waals surface area contributed by atoms with Gasteiger partial charge in [-0.2, -0.15) is 0 Å². The Labute approximate surface area is 97.3 Å². The van der Waals surface area contributed by atoms with Crippen LogP contribution >= 0.6 is 11.3 Å². The van der Waals surface area contributed by atoms with E-state index in [9.17, 15) is 5.11 Å². The summed E-state index contributed by atoms with van der Waals surface area (Å²) in [4.78, 5) is 5.30. The van der Waals surface area contributed by atoms with Crippen LogP contribution in [-0.2, 0) is 15.9 Å². The first kappa shape index (κ1) is 11.5. The largest absolute Gasteiger partial charge is 0.387 e. The first-order valence-corrected chi connectivity index (χ1v) is 5.77. The minimum atomic E-state index is -0.709. The predicted molar refractivity (Wildman–Crippen MR) is 60.6 cm³/mol. The Balaban J connectivity index is 2.06. The van der Waals surface area contributed by atoms with Crippen LogP contribution in [0.25, 0.3) is 4.96 Å². The van der Waals surface area contributed by atoms with Crippen LogP contribution in [-0.4, -0.2) is 41.1 Å². The summed E-state index contributed by atoms with van der Waals surface area (Å²) in [6, 6.07) is 0. The van der Waals surface area contributed by atoms with E-state index in [1.165, 1.54) is 14.2 Å². The Kier molecular flexibility index (Phi) is 3.55. The summed E-state index contributed by atoms with van der Waals surface area (Å²) in [5, 5.41) is 11.8. The van der Waals surface area contributed by atoms with Crippen LogP contribution in [0, 0.1) is 0 Å². The quantitative estimate of drug-likeness (QED) is 0.792. The Bertz CT molecular complexity index is 421. The van der Waals surface area contributed by atoms with Crippen molar-refractivity contribution in [1.29, 1.82) is 0 Å². The number of fused-ring (bicyclic) bond motifs is 1. The van der Waals surface area contributed by atoms with Gasteiger partial charge in [0, 0.05) is 38.4 Å². The standard InChI is InChI=1S/C10H14N2O3S/c1-14-9(15-2)8(13)5-7-6-12-3-4-16-10(12)11-7/h3-4,6,8-9,13H,5H2,1-2H3. The van der Waals surface area contributed by atoms with Gasteiger partial charge in [0.15, 0.2) is 11.3 Å². The molecule has 0 fully saturated rings. The molecule has 0 aliphatic rings. The second-order valence-corrected chi connectivity index (χ2v) is 4.31. The summed E-state index contributed by atoms with van der Waals surface area (Å²) in [5.74, 6) is 0. The van der Waals surface area contributed by atoms with E-state index in [1.54, 1.807) is 11.3 Å². The number of hydrogen-bond donors (Lipinski definition) is 1. The lowest BCUT2D eigenvalue weighted by Gasteiger charge is -2.18. The maximum atomic E-state index is 9.83. The van der Waals surface area contributed by atoms with E-state index in [4.69, 9.17) is 9.47 Å². The first-order valence-electron chi connectivity index (χ1n) is 4.89. The van der Waals surface area contributed by atoms with Crippen molar-refractivity contribution < 1.29 is 14.6 Å². The van der Waals surface area contributed by atoms with E-state index in [0.717, 1.165) is 10.7 Å². The molecule has 5 nitrogen and oxygen atoms in total. The van der Waals surface area contributed by atoms with Crippen LogP contribution in [0.1, 0.15) is 5.69 Å². The number of ether oxygens (including phenoxy) is 2. The Morgan fingerprint density at radius 1 is 1.50 bits per heavy atom. The molecule has 0 bridgehead atoms. The Morgan fingerprint density at radius 2 is 2.25 bits per heavy atom. The van der Waals surface area contributed by atoms with Gasteiger partial charge >= 0.3 is 0 Å². The third-order valence-electron chi connectivity index (χ3n) is 2.34. The van der Waals surface area contributed by atoms with Crippen LogP contribution < -0.4 is 0 Å². The molecule has 16 heavy (non-hydrogen) atoms. The highest BCUT2D eigenvalue weighted by atomic mass is 32.1. The lowest BCUT2D eigenvalue weighted by Crippen LogP contribution is -2.31. The molecule has 0 saturated carbocycles. The fourth-order valence-corrected chi connectivity index (χ4v) is 2.31. The van der Waals surface area contributed by atoms with Gasteiger partial charge in [-0.1, -0.05) is 0 Å². The molecule has 1 N–H and O–H groups in total. The van der Waals surface area contributed by atoms with E-state index in [2.05, 4.69) is 4.98 Å². The van der Waals surface area contributed by atoms with Gasteiger partial charge in [-0.25, -0.2) is 4.98 Å². The first-order chi connectivity index (χ1) is 7.74. The number of rotatable bonds is 5. The summed E-state index contributed by atoms with van der Waals surface area (Å²) < 4.78 is 11.9. The molecule has 1 unspecified atom stereocenters. The molecule has 1 atom stereocenters. The van der Waals surface area contributed by atoms with Crippen LogP contribution in [0.15, 0.2) is 17.8 Å². The molecule has 2 heterocycles. The molecule has 0 aromatic carbocycles. The number of aliphatic hydroxyl groups excluding tert-OH is 1. The molecular formula is C10H14N2O3S. The average molecular weight is 242 g/mol. The molecule has 0 saturated heterocycles. The van der Waals surface area contributed by atoms with Crippen molar-refractivity contribution in [2.24, 2.45) is 0 Å². The number of imidazole rings is 1.